The van der Waals surface area contributed by atoms with Crippen molar-refractivity contribution in [2.75, 3.05) is 5.33 Å². The Hall–Kier alpha value is -0.250. The van der Waals surface area contributed by atoms with Gasteiger partial charge < -0.3 is 10.1 Å². The number of hydrogen-bond acceptors (Lipinski definition) is 2. The van der Waals surface area contributed by atoms with Gasteiger partial charge in [0.05, 0.1) is 0 Å². The molecule has 104 valence electrons. The predicted molar refractivity (Wildman–Crippen MR) is 76.0 cm³/mol. The molecule has 0 aromatic heterocycles. The zero-order valence-corrected chi connectivity index (χ0v) is 13.2. The summed E-state index contributed by atoms with van der Waals surface area (Å²) >= 11 is 3.65. The highest BCUT2D eigenvalue weighted by Gasteiger charge is 2.49. The number of ether oxygens (including phenoxy) is 1. The van der Waals surface area contributed by atoms with Crippen LogP contribution < -0.4 is 5.32 Å². The van der Waals surface area contributed by atoms with Gasteiger partial charge in [-0.05, 0) is 64.7 Å². The molecule has 0 aliphatic heterocycles. The zero-order valence-electron chi connectivity index (χ0n) is 11.6. The Morgan fingerprint density at radius 2 is 1.67 bits per heavy atom. The Morgan fingerprint density at radius 3 is 2.06 bits per heavy atom. The molecule has 3 rings (SSSR count). The van der Waals surface area contributed by atoms with E-state index in [0.29, 0.717) is 5.41 Å². The Morgan fingerprint density at radius 1 is 1.17 bits per heavy atom. The maximum Gasteiger partial charge on any atom is 0.408 e. The van der Waals surface area contributed by atoms with E-state index in [1.165, 1.54) is 19.3 Å². The lowest BCUT2D eigenvalue weighted by Crippen LogP contribution is -2.57. The van der Waals surface area contributed by atoms with Gasteiger partial charge in [-0.2, -0.15) is 0 Å². The number of halogens is 1. The van der Waals surface area contributed by atoms with Crippen molar-refractivity contribution >= 4 is 22.0 Å². The summed E-state index contributed by atoms with van der Waals surface area (Å²) in [6.07, 6.45) is 6.68. The second-order valence-electron chi connectivity index (χ2n) is 7.04. The Kier molecular flexibility index (Phi) is 3.69. The number of alkyl halides is 1. The lowest BCUT2D eigenvalue weighted by Gasteiger charge is -2.53. The topological polar surface area (TPSA) is 38.3 Å². The number of alkyl carbamates (subject to hydrolysis) is 1. The first-order chi connectivity index (χ1) is 8.28. The van der Waals surface area contributed by atoms with E-state index in [-0.39, 0.29) is 11.6 Å². The molecule has 0 aromatic rings. The van der Waals surface area contributed by atoms with Gasteiger partial charge in [-0.1, -0.05) is 15.9 Å². The largest absolute Gasteiger partial charge is 0.444 e. The second-order valence-corrected chi connectivity index (χ2v) is 7.60. The molecule has 3 nitrogen and oxygen atoms in total. The third-order valence-corrected chi connectivity index (χ3v) is 5.64. The van der Waals surface area contributed by atoms with Gasteiger partial charge in [0.15, 0.2) is 0 Å². The van der Waals surface area contributed by atoms with E-state index in [4.69, 9.17) is 4.74 Å². The van der Waals surface area contributed by atoms with Gasteiger partial charge in [-0.25, -0.2) is 4.79 Å². The van der Waals surface area contributed by atoms with E-state index in [2.05, 4.69) is 21.2 Å². The summed E-state index contributed by atoms with van der Waals surface area (Å²) in [5.41, 5.74) is 0.0906. The van der Waals surface area contributed by atoms with Crippen LogP contribution in [0.4, 0.5) is 4.79 Å². The number of nitrogens with one attached hydrogen (secondary N) is 1. The molecule has 18 heavy (non-hydrogen) atoms. The smallest absolute Gasteiger partial charge is 0.408 e. The summed E-state index contributed by atoms with van der Waals surface area (Å²) in [5, 5.41) is 4.24. The highest BCUT2D eigenvalue weighted by Crippen LogP contribution is 2.53. The van der Waals surface area contributed by atoms with Gasteiger partial charge in [0, 0.05) is 10.9 Å². The van der Waals surface area contributed by atoms with Crippen LogP contribution in [-0.2, 0) is 4.74 Å². The zero-order chi connectivity index (χ0) is 13.4. The number of rotatable bonds is 2. The first-order valence-electron chi connectivity index (χ1n) is 6.85. The molecule has 1 N–H and O–H groups in total. The van der Waals surface area contributed by atoms with Crippen molar-refractivity contribution in [3.63, 3.8) is 0 Å². The molecule has 0 atom stereocenters. The SMILES string of the molecule is CC(C)(C)OC(=O)NC12CCC(CBr)(CC1)CC2. The Bertz CT molecular complexity index is 311. The fourth-order valence-electron chi connectivity index (χ4n) is 3.17. The lowest BCUT2D eigenvalue weighted by atomic mass is 9.58. The Labute approximate surface area is 118 Å². The summed E-state index contributed by atoms with van der Waals surface area (Å²) in [4.78, 5) is 11.9. The molecule has 3 aliphatic carbocycles. The lowest BCUT2D eigenvalue weighted by molar-refractivity contribution is 0.0135. The molecule has 1 amide bonds. The summed E-state index contributed by atoms with van der Waals surface area (Å²) in [6.45, 7) is 5.71. The van der Waals surface area contributed by atoms with Crippen molar-refractivity contribution < 1.29 is 9.53 Å². The summed E-state index contributed by atoms with van der Waals surface area (Å²) < 4.78 is 5.38. The number of amides is 1. The minimum absolute atomic E-state index is 0.00620. The molecule has 0 radical (unpaired) electrons. The van der Waals surface area contributed by atoms with Crippen LogP contribution in [0.25, 0.3) is 0 Å². The van der Waals surface area contributed by atoms with E-state index in [1.807, 2.05) is 20.8 Å². The maximum absolute atomic E-state index is 11.9. The van der Waals surface area contributed by atoms with Gasteiger partial charge in [-0.3, -0.25) is 0 Å². The van der Waals surface area contributed by atoms with Crippen molar-refractivity contribution in [2.24, 2.45) is 5.41 Å². The third kappa shape index (κ3) is 3.01. The summed E-state index contributed by atoms with van der Waals surface area (Å²) in [5.74, 6) is 0. The molecule has 0 saturated heterocycles. The predicted octanol–water partition coefficient (Wildman–Crippen LogP) is 4.00. The van der Waals surface area contributed by atoms with Crippen LogP contribution in [0.1, 0.15) is 59.3 Å². The Balaban J connectivity index is 1.93. The van der Waals surface area contributed by atoms with E-state index < -0.39 is 5.60 Å². The molecule has 0 spiro atoms. The maximum atomic E-state index is 11.9. The summed E-state index contributed by atoms with van der Waals surface area (Å²) in [7, 11) is 0. The normalized spacial score (nSPS) is 35.3. The molecule has 0 unspecified atom stereocenters. The number of carbonyl (C=O) groups excluding carboxylic acids is 1. The monoisotopic (exact) mass is 317 g/mol. The minimum atomic E-state index is -0.413. The molecular weight excluding hydrogens is 294 g/mol. The molecule has 3 saturated carbocycles. The highest BCUT2D eigenvalue weighted by molar-refractivity contribution is 9.09. The molecular formula is C14H24BrNO2. The average molecular weight is 318 g/mol. The van der Waals surface area contributed by atoms with Crippen LogP contribution in [0.15, 0.2) is 0 Å². The van der Waals surface area contributed by atoms with Crippen LogP contribution in [0.5, 0.6) is 0 Å². The van der Waals surface area contributed by atoms with Crippen molar-refractivity contribution in [1.82, 2.24) is 5.32 Å². The van der Waals surface area contributed by atoms with E-state index in [1.54, 1.807) is 0 Å². The second kappa shape index (κ2) is 4.69. The van der Waals surface area contributed by atoms with Gasteiger partial charge in [0.2, 0.25) is 0 Å². The molecule has 0 aromatic carbocycles. The van der Waals surface area contributed by atoms with Crippen LogP contribution in [0, 0.1) is 5.41 Å². The standard InChI is InChI=1S/C14H24BrNO2/c1-12(2,3)18-11(17)16-14-7-4-13(10-15,5-8-14)6-9-14/h4-10H2,1-3H3,(H,16,17). The van der Waals surface area contributed by atoms with Crippen LogP contribution >= 0.6 is 15.9 Å². The van der Waals surface area contributed by atoms with Gasteiger partial charge in [-0.15, -0.1) is 0 Å². The minimum Gasteiger partial charge on any atom is -0.444 e. The van der Waals surface area contributed by atoms with Crippen LogP contribution in [0.2, 0.25) is 0 Å². The molecule has 3 fully saturated rings. The average Bonchev–Trinajstić information content (AvgIpc) is 2.28. The molecule has 4 heteroatoms. The van der Waals surface area contributed by atoms with E-state index in [0.717, 1.165) is 24.6 Å². The summed E-state index contributed by atoms with van der Waals surface area (Å²) in [6, 6.07) is 0. The van der Waals surface area contributed by atoms with Gasteiger partial charge in [0.1, 0.15) is 5.60 Å². The molecule has 3 aliphatic rings. The highest BCUT2D eigenvalue weighted by atomic mass is 79.9. The first-order valence-corrected chi connectivity index (χ1v) is 7.98. The fourth-order valence-corrected chi connectivity index (χ4v) is 4.01. The van der Waals surface area contributed by atoms with Gasteiger partial charge >= 0.3 is 6.09 Å². The number of carbonyl (C=O) groups is 1. The number of hydrogen-bond donors (Lipinski definition) is 1. The molecule has 0 heterocycles. The van der Waals surface area contributed by atoms with Crippen LogP contribution in [0.3, 0.4) is 0 Å². The quantitative estimate of drug-likeness (QED) is 0.782. The van der Waals surface area contributed by atoms with Gasteiger partial charge in [0.25, 0.3) is 0 Å². The number of fused-ring (bicyclic) bond motifs is 3. The van der Waals surface area contributed by atoms with Crippen molar-refractivity contribution in [3.8, 4) is 0 Å². The fraction of sp³-hybridized carbons (Fsp3) is 0.929. The first kappa shape index (κ1) is 14.2. The third-order valence-electron chi connectivity index (χ3n) is 4.45. The van der Waals surface area contributed by atoms with E-state index in [9.17, 15) is 4.79 Å². The van der Waals surface area contributed by atoms with Crippen molar-refractivity contribution in [1.29, 1.82) is 0 Å². The van der Waals surface area contributed by atoms with E-state index >= 15 is 0 Å². The van der Waals surface area contributed by atoms with Crippen molar-refractivity contribution in [3.05, 3.63) is 0 Å². The van der Waals surface area contributed by atoms with Crippen LogP contribution in [-0.4, -0.2) is 22.6 Å². The van der Waals surface area contributed by atoms with Crippen molar-refractivity contribution in [2.45, 2.75) is 70.4 Å². The molecule has 2 bridgehead atoms.